The van der Waals surface area contributed by atoms with Crippen LogP contribution in [0.4, 0.5) is 5.69 Å². The molecule has 1 aromatic carbocycles. The molecule has 0 amide bonds. The molecule has 0 radical (unpaired) electrons. The van der Waals surface area contributed by atoms with Gasteiger partial charge in [0.2, 0.25) is 0 Å². The van der Waals surface area contributed by atoms with Gasteiger partial charge in [-0.15, -0.1) is 0 Å². The molecule has 1 rings (SSSR count). The third-order valence-corrected chi connectivity index (χ3v) is 1.82. The van der Waals surface area contributed by atoms with Gasteiger partial charge < -0.3 is 11.1 Å². The summed E-state index contributed by atoms with van der Waals surface area (Å²) in [6.45, 7) is 4.19. The van der Waals surface area contributed by atoms with Gasteiger partial charge in [-0.05, 0) is 37.2 Å². The number of hydrogen-bond donors (Lipinski definition) is 2. The molecule has 0 spiro atoms. The van der Waals surface area contributed by atoms with Gasteiger partial charge in [-0.3, -0.25) is 0 Å². The third kappa shape index (κ3) is 2.93. The lowest BCUT2D eigenvalue weighted by atomic mass is 10.1. The van der Waals surface area contributed by atoms with E-state index in [2.05, 4.69) is 24.4 Å². The van der Waals surface area contributed by atoms with Crippen LogP contribution < -0.4 is 11.1 Å². The molecule has 0 aliphatic rings. The second-order valence-corrected chi connectivity index (χ2v) is 2.85. The van der Waals surface area contributed by atoms with Gasteiger partial charge in [-0.1, -0.05) is 19.1 Å². The van der Waals surface area contributed by atoms with Crippen molar-refractivity contribution in [1.82, 2.24) is 5.32 Å². The monoisotopic (exact) mass is 164 g/mol. The zero-order valence-corrected chi connectivity index (χ0v) is 7.51. The van der Waals surface area contributed by atoms with Crippen LogP contribution in [-0.4, -0.2) is 13.1 Å². The van der Waals surface area contributed by atoms with Crippen LogP contribution in [0.3, 0.4) is 0 Å². The molecule has 3 N–H and O–H groups in total. The number of anilines is 1. The Balaban J connectivity index is 2.37. The number of rotatable bonds is 4. The fourth-order valence-corrected chi connectivity index (χ4v) is 1.09. The molecule has 12 heavy (non-hydrogen) atoms. The predicted octanol–water partition coefficient (Wildman–Crippen LogP) is 1.42. The van der Waals surface area contributed by atoms with E-state index in [9.17, 15) is 0 Å². The minimum atomic E-state index is 0.835. The Bertz CT molecular complexity index is 216. The lowest BCUT2D eigenvalue weighted by molar-refractivity contribution is 0.717. The van der Waals surface area contributed by atoms with Crippen LogP contribution in [-0.2, 0) is 6.42 Å². The molecule has 2 heteroatoms. The zero-order chi connectivity index (χ0) is 8.81. The van der Waals surface area contributed by atoms with Gasteiger partial charge in [0.25, 0.3) is 0 Å². The molecule has 0 heterocycles. The van der Waals surface area contributed by atoms with Gasteiger partial charge in [-0.25, -0.2) is 0 Å². The van der Waals surface area contributed by atoms with Gasteiger partial charge in [0.1, 0.15) is 0 Å². The molecule has 0 bridgehead atoms. The van der Waals surface area contributed by atoms with Crippen molar-refractivity contribution in [3.05, 3.63) is 29.8 Å². The number of nitrogens with one attached hydrogen (secondary N) is 1. The SMILES string of the molecule is CCNCCc1ccc(N)cc1. The number of benzene rings is 1. The highest BCUT2D eigenvalue weighted by Gasteiger charge is 1.90. The second-order valence-electron chi connectivity index (χ2n) is 2.85. The lowest BCUT2D eigenvalue weighted by Gasteiger charge is -2.01. The summed E-state index contributed by atoms with van der Waals surface area (Å²) in [5, 5.41) is 3.28. The molecule has 66 valence electrons. The molecular formula is C10H16N2. The standard InChI is InChI=1S/C10H16N2/c1-2-12-8-7-9-3-5-10(11)6-4-9/h3-6,12H,2,7-8,11H2,1H3. The average molecular weight is 164 g/mol. The van der Waals surface area contributed by atoms with Crippen molar-refractivity contribution in [1.29, 1.82) is 0 Å². The fourth-order valence-electron chi connectivity index (χ4n) is 1.09. The highest BCUT2D eigenvalue weighted by Crippen LogP contribution is 2.05. The minimum absolute atomic E-state index is 0.835. The molecule has 0 aliphatic carbocycles. The lowest BCUT2D eigenvalue weighted by Crippen LogP contribution is -2.15. The van der Waals surface area contributed by atoms with Crippen LogP contribution in [0.25, 0.3) is 0 Å². The van der Waals surface area contributed by atoms with E-state index in [4.69, 9.17) is 5.73 Å². The summed E-state index contributed by atoms with van der Waals surface area (Å²) in [6, 6.07) is 8.04. The second kappa shape index (κ2) is 4.78. The minimum Gasteiger partial charge on any atom is -0.399 e. The van der Waals surface area contributed by atoms with E-state index in [0.29, 0.717) is 0 Å². The molecule has 0 unspecified atom stereocenters. The van der Waals surface area contributed by atoms with Gasteiger partial charge >= 0.3 is 0 Å². The van der Waals surface area contributed by atoms with Crippen LogP contribution in [0.15, 0.2) is 24.3 Å². The first-order valence-corrected chi connectivity index (χ1v) is 4.38. The smallest absolute Gasteiger partial charge is 0.0314 e. The largest absolute Gasteiger partial charge is 0.399 e. The Morgan fingerprint density at radius 2 is 1.92 bits per heavy atom. The van der Waals surface area contributed by atoms with Crippen molar-refractivity contribution in [2.24, 2.45) is 0 Å². The molecule has 0 atom stereocenters. The molecule has 1 aromatic rings. The van der Waals surface area contributed by atoms with Gasteiger partial charge in [0.05, 0.1) is 0 Å². The van der Waals surface area contributed by atoms with E-state index in [1.807, 2.05) is 12.1 Å². The number of likely N-dealkylation sites (N-methyl/N-ethyl adjacent to an activating group) is 1. The average Bonchev–Trinajstić information content (AvgIpc) is 2.09. The molecule has 2 nitrogen and oxygen atoms in total. The topological polar surface area (TPSA) is 38.0 Å². The van der Waals surface area contributed by atoms with Crippen molar-refractivity contribution in [3.8, 4) is 0 Å². The summed E-state index contributed by atoms with van der Waals surface area (Å²) in [5.74, 6) is 0. The van der Waals surface area contributed by atoms with Crippen molar-refractivity contribution in [2.45, 2.75) is 13.3 Å². The Labute approximate surface area is 73.8 Å². The van der Waals surface area contributed by atoms with E-state index >= 15 is 0 Å². The molecule has 0 aromatic heterocycles. The molecule has 0 aliphatic heterocycles. The van der Waals surface area contributed by atoms with Crippen molar-refractivity contribution in [3.63, 3.8) is 0 Å². The zero-order valence-electron chi connectivity index (χ0n) is 7.51. The van der Waals surface area contributed by atoms with Gasteiger partial charge in [-0.2, -0.15) is 0 Å². The number of hydrogen-bond acceptors (Lipinski definition) is 2. The fraction of sp³-hybridized carbons (Fsp3) is 0.400. The van der Waals surface area contributed by atoms with Crippen LogP contribution >= 0.6 is 0 Å². The van der Waals surface area contributed by atoms with E-state index in [1.165, 1.54) is 5.56 Å². The van der Waals surface area contributed by atoms with E-state index in [0.717, 1.165) is 25.2 Å². The Morgan fingerprint density at radius 1 is 1.25 bits per heavy atom. The van der Waals surface area contributed by atoms with Crippen LogP contribution in [0.2, 0.25) is 0 Å². The van der Waals surface area contributed by atoms with Crippen molar-refractivity contribution < 1.29 is 0 Å². The summed E-state index contributed by atoms with van der Waals surface area (Å²) in [5.41, 5.74) is 7.74. The maximum Gasteiger partial charge on any atom is 0.0314 e. The first-order valence-electron chi connectivity index (χ1n) is 4.38. The highest BCUT2D eigenvalue weighted by atomic mass is 14.8. The first kappa shape index (κ1) is 9.07. The Hall–Kier alpha value is -1.02. The summed E-state index contributed by atoms with van der Waals surface area (Å²) in [4.78, 5) is 0. The summed E-state index contributed by atoms with van der Waals surface area (Å²) >= 11 is 0. The number of nitrogen functional groups attached to an aromatic ring is 1. The Morgan fingerprint density at radius 3 is 2.50 bits per heavy atom. The molecule has 0 saturated carbocycles. The van der Waals surface area contributed by atoms with Crippen LogP contribution in [0.5, 0.6) is 0 Å². The van der Waals surface area contributed by atoms with Gasteiger partial charge in [0.15, 0.2) is 0 Å². The normalized spacial score (nSPS) is 10.1. The maximum atomic E-state index is 5.57. The van der Waals surface area contributed by atoms with E-state index in [1.54, 1.807) is 0 Å². The van der Waals surface area contributed by atoms with Gasteiger partial charge in [0, 0.05) is 5.69 Å². The van der Waals surface area contributed by atoms with E-state index in [-0.39, 0.29) is 0 Å². The maximum absolute atomic E-state index is 5.57. The molecular weight excluding hydrogens is 148 g/mol. The molecule has 0 saturated heterocycles. The van der Waals surface area contributed by atoms with Crippen molar-refractivity contribution >= 4 is 5.69 Å². The highest BCUT2D eigenvalue weighted by molar-refractivity contribution is 5.39. The first-order chi connectivity index (χ1) is 5.83. The molecule has 0 fully saturated rings. The summed E-state index contributed by atoms with van der Waals surface area (Å²) < 4.78 is 0. The predicted molar refractivity (Wildman–Crippen MR) is 53.1 cm³/mol. The Kier molecular flexibility index (Phi) is 3.61. The van der Waals surface area contributed by atoms with Crippen LogP contribution in [0, 0.1) is 0 Å². The van der Waals surface area contributed by atoms with E-state index < -0.39 is 0 Å². The van der Waals surface area contributed by atoms with Crippen molar-refractivity contribution in [2.75, 3.05) is 18.8 Å². The summed E-state index contributed by atoms with van der Waals surface area (Å²) in [6.07, 6.45) is 1.08. The quantitative estimate of drug-likeness (QED) is 0.521. The number of nitrogens with two attached hydrogens (primary N) is 1. The summed E-state index contributed by atoms with van der Waals surface area (Å²) in [7, 11) is 0. The third-order valence-electron chi connectivity index (χ3n) is 1.82. The van der Waals surface area contributed by atoms with Crippen LogP contribution in [0.1, 0.15) is 12.5 Å².